The number of hydrogen-bond donors (Lipinski definition) is 1. The van der Waals surface area contributed by atoms with Crippen LogP contribution in [0, 0.1) is 0 Å². The molecule has 1 nitrogen and oxygen atoms in total. The fourth-order valence-corrected chi connectivity index (χ4v) is 0.936. The maximum Gasteiger partial charge on any atom is 0.392 e. The van der Waals surface area contributed by atoms with E-state index in [0.29, 0.717) is 11.3 Å². The SMILES string of the molecule is Nc1ccc(/C=C/CC(F)(F)F)cc1. The topological polar surface area (TPSA) is 26.0 Å². The number of benzene rings is 1. The average Bonchev–Trinajstić information content (AvgIpc) is 2.06. The molecule has 14 heavy (non-hydrogen) atoms. The van der Waals surface area contributed by atoms with Crippen LogP contribution in [0.25, 0.3) is 6.08 Å². The third-order valence-electron chi connectivity index (χ3n) is 1.60. The van der Waals surface area contributed by atoms with E-state index >= 15 is 0 Å². The summed E-state index contributed by atoms with van der Waals surface area (Å²) in [6, 6.07) is 6.63. The molecule has 76 valence electrons. The minimum Gasteiger partial charge on any atom is -0.399 e. The highest BCUT2D eigenvalue weighted by Gasteiger charge is 2.24. The van der Waals surface area contributed by atoms with Gasteiger partial charge in [0.2, 0.25) is 0 Å². The van der Waals surface area contributed by atoms with Crippen molar-refractivity contribution in [2.45, 2.75) is 12.6 Å². The summed E-state index contributed by atoms with van der Waals surface area (Å²) < 4.78 is 35.3. The highest BCUT2D eigenvalue weighted by atomic mass is 19.4. The molecule has 0 saturated carbocycles. The molecule has 4 heteroatoms. The summed E-state index contributed by atoms with van der Waals surface area (Å²) in [6.45, 7) is 0. The van der Waals surface area contributed by atoms with Crippen molar-refractivity contribution in [3.63, 3.8) is 0 Å². The largest absolute Gasteiger partial charge is 0.399 e. The number of halogens is 3. The molecule has 0 aromatic heterocycles. The second kappa shape index (κ2) is 4.17. The van der Waals surface area contributed by atoms with Gasteiger partial charge in [0, 0.05) is 5.69 Å². The van der Waals surface area contributed by atoms with E-state index in [1.807, 2.05) is 0 Å². The van der Waals surface area contributed by atoms with Gasteiger partial charge in [-0.15, -0.1) is 0 Å². The average molecular weight is 201 g/mol. The van der Waals surface area contributed by atoms with Crippen LogP contribution in [-0.2, 0) is 0 Å². The van der Waals surface area contributed by atoms with E-state index in [-0.39, 0.29) is 0 Å². The molecule has 0 aliphatic carbocycles. The van der Waals surface area contributed by atoms with Crippen molar-refractivity contribution in [2.75, 3.05) is 5.73 Å². The Labute approximate surface area is 80.0 Å². The lowest BCUT2D eigenvalue weighted by Crippen LogP contribution is -2.03. The predicted molar refractivity (Wildman–Crippen MR) is 50.6 cm³/mol. The quantitative estimate of drug-likeness (QED) is 0.730. The van der Waals surface area contributed by atoms with Crippen molar-refractivity contribution >= 4 is 11.8 Å². The lowest BCUT2D eigenvalue weighted by Gasteiger charge is -2.00. The van der Waals surface area contributed by atoms with Crippen LogP contribution in [0.5, 0.6) is 0 Å². The summed E-state index contributed by atoms with van der Waals surface area (Å²) in [7, 11) is 0. The van der Waals surface area contributed by atoms with Gasteiger partial charge in [0.05, 0.1) is 6.42 Å². The molecule has 0 atom stereocenters. The molecule has 2 N–H and O–H groups in total. The molecule has 0 bridgehead atoms. The van der Waals surface area contributed by atoms with Gasteiger partial charge in [0.15, 0.2) is 0 Å². The van der Waals surface area contributed by atoms with Gasteiger partial charge < -0.3 is 5.73 Å². The number of nitrogen functional groups attached to an aromatic ring is 1. The van der Waals surface area contributed by atoms with Crippen LogP contribution in [0.2, 0.25) is 0 Å². The van der Waals surface area contributed by atoms with Gasteiger partial charge in [-0.05, 0) is 17.7 Å². The van der Waals surface area contributed by atoms with Crippen LogP contribution in [-0.4, -0.2) is 6.18 Å². The van der Waals surface area contributed by atoms with E-state index in [0.717, 1.165) is 6.08 Å². The van der Waals surface area contributed by atoms with E-state index < -0.39 is 12.6 Å². The third kappa shape index (κ3) is 3.98. The molecule has 0 aliphatic rings. The number of anilines is 1. The Morgan fingerprint density at radius 1 is 1.14 bits per heavy atom. The number of allylic oxidation sites excluding steroid dienone is 1. The fraction of sp³-hybridized carbons (Fsp3) is 0.200. The van der Waals surface area contributed by atoms with E-state index in [1.165, 1.54) is 6.08 Å². The normalized spacial score (nSPS) is 12.2. The van der Waals surface area contributed by atoms with Crippen LogP contribution in [0.1, 0.15) is 12.0 Å². The minimum absolute atomic E-state index is 0.595. The smallest absolute Gasteiger partial charge is 0.392 e. The molecule has 1 rings (SSSR count). The van der Waals surface area contributed by atoms with Gasteiger partial charge in [0.25, 0.3) is 0 Å². The maximum atomic E-state index is 11.8. The van der Waals surface area contributed by atoms with Crippen molar-refractivity contribution in [1.29, 1.82) is 0 Å². The van der Waals surface area contributed by atoms with E-state index in [9.17, 15) is 13.2 Å². The predicted octanol–water partition coefficient (Wildman–Crippen LogP) is 3.23. The Kier molecular flexibility index (Phi) is 3.17. The van der Waals surface area contributed by atoms with Crippen molar-refractivity contribution in [3.8, 4) is 0 Å². The lowest BCUT2D eigenvalue weighted by molar-refractivity contribution is -0.124. The lowest BCUT2D eigenvalue weighted by atomic mass is 10.2. The standard InChI is InChI=1S/C10H10F3N/c11-10(12,13)7-1-2-8-3-5-9(14)6-4-8/h1-6H,7,14H2/b2-1+. The number of rotatable bonds is 2. The molecule has 0 heterocycles. The van der Waals surface area contributed by atoms with Crippen LogP contribution in [0.4, 0.5) is 18.9 Å². The maximum absolute atomic E-state index is 11.8. The van der Waals surface area contributed by atoms with Gasteiger partial charge in [0.1, 0.15) is 0 Å². The fourth-order valence-electron chi connectivity index (χ4n) is 0.936. The second-order valence-electron chi connectivity index (χ2n) is 2.89. The molecular weight excluding hydrogens is 191 g/mol. The zero-order valence-electron chi connectivity index (χ0n) is 7.38. The molecule has 1 aromatic rings. The number of nitrogens with two attached hydrogens (primary N) is 1. The monoisotopic (exact) mass is 201 g/mol. The van der Waals surface area contributed by atoms with Crippen LogP contribution >= 0.6 is 0 Å². The minimum atomic E-state index is -4.13. The highest BCUT2D eigenvalue weighted by molar-refractivity contribution is 5.53. The highest BCUT2D eigenvalue weighted by Crippen LogP contribution is 2.20. The molecule has 0 spiro atoms. The molecular formula is C10H10F3N. The molecule has 0 saturated heterocycles. The summed E-state index contributed by atoms with van der Waals surface area (Å²) in [5.74, 6) is 0. The van der Waals surface area contributed by atoms with Gasteiger partial charge >= 0.3 is 6.18 Å². The first-order valence-electron chi connectivity index (χ1n) is 4.06. The van der Waals surface area contributed by atoms with Crippen LogP contribution < -0.4 is 5.73 Å². The van der Waals surface area contributed by atoms with Crippen molar-refractivity contribution < 1.29 is 13.2 Å². The summed E-state index contributed by atoms with van der Waals surface area (Å²) in [4.78, 5) is 0. The van der Waals surface area contributed by atoms with E-state index in [1.54, 1.807) is 24.3 Å². The first kappa shape index (κ1) is 10.6. The summed E-state index contributed by atoms with van der Waals surface area (Å²) in [5.41, 5.74) is 6.73. The molecule has 0 amide bonds. The van der Waals surface area contributed by atoms with E-state index in [4.69, 9.17) is 5.73 Å². The summed E-state index contributed by atoms with van der Waals surface area (Å²) >= 11 is 0. The molecule has 1 aromatic carbocycles. The number of hydrogen-bond acceptors (Lipinski definition) is 1. The Hall–Kier alpha value is -1.45. The molecule has 0 radical (unpaired) electrons. The number of alkyl halides is 3. The summed E-state index contributed by atoms with van der Waals surface area (Å²) in [5, 5.41) is 0. The van der Waals surface area contributed by atoms with E-state index in [2.05, 4.69) is 0 Å². The first-order chi connectivity index (χ1) is 6.47. The Bertz CT molecular complexity index is 311. The van der Waals surface area contributed by atoms with Crippen molar-refractivity contribution in [1.82, 2.24) is 0 Å². The summed E-state index contributed by atoms with van der Waals surface area (Å²) in [6.07, 6.45) is -2.53. The van der Waals surface area contributed by atoms with Crippen LogP contribution in [0.3, 0.4) is 0 Å². The second-order valence-corrected chi connectivity index (χ2v) is 2.89. The Morgan fingerprint density at radius 2 is 1.71 bits per heavy atom. The Morgan fingerprint density at radius 3 is 2.21 bits per heavy atom. The Balaban J connectivity index is 2.57. The molecule has 0 unspecified atom stereocenters. The van der Waals surface area contributed by atoms with Crippen molar-refractivity contribution in [2.24, 2.45) is 0 Å². The van der Waals surface area contributed by atoms with Gasteiger partial charge in [-0.3, -0.25) is 0 Å². The molecule has 0 aliphatic heterocycles. The van der Waals surface area contributed by atoms with Crippen molar-refractivity contribution in [3.05, 3.63) is 35.9 Å². The van der Waals surface area contributed by atoms with Crippen LogP contribution in [0.15, 0.2) is 30.3 Å². The first-order valence-corrected chi connectivity index (χ1v) is 4.06. The van der Waals surface area contributed by atoms with Gasteiger partial charge in [-0.1, -0.05) is 24.3 Å². The molecule has 0 fully saturated rings. The van der Waals surface area contributed by atoms with Gasteiger partial charge in [-0.2, -0.15) is 13.2 Å². The third-order valence-corrected chi connectivity index (χ3v) is 1.60. The zero-order chi connectivity index (χ0) is 10.6. The van der Waals surface area contributed by atoms with Gasteiger partial charge in [-0.25, -0.2) is 0 Å². The zero-order valence-corrected chi connectivity index (χ0v) is 7.38.